The molecule has 0 aliphatic carbocycles. The van der Waals surface area contributed by atoms with Crippen molar-refractivity contribution in [2.75, 3.05) is 5.32 Å². The number of halogens is 6. The van der Waals surface area contributed by atoms with Gasteiger partial charge in [0.05, 0.1) is 11.9 Å². The minimum Gasteiger partial charge on any atom is -0.476 e. The SMILES string of the molecule is BC(B)(O)Oc1cc(OC(F)(F)F)ccc1Oc1ccc(OC(F)F)c(F)c1C(=O)Nc1ccc(C(N)=O)nc1. The normalized spacial score (nSPS) is 11.6. The van der Waals surface area contributed by atoms with E-state index in [1.165, 1.54) is 6.07 Å². The van der Waals surface area contributed by atoms with E-state index in [0.29, 0.717) is 12.1 Å². The topological polar surface area (TPSA) is 142 Å². The van der Waals surface area contributed by atoms with Crippen LogP contribution in [-0.2, 0) is 0 Å². The van der Waals surface area contributed by atoms with Crippen molar-refractivity contribution < 1.29 is 60.0 Å². The standard InChI is InChI=1S/C22H17B2F6N3O7/c23-21(24,36)40-15-7-10(39-22(28,29)30)2-4-12(15)37-13-5-6-14(38-20(26)27)17(25)16(13)19(35)33-9-1-3-11(18(31)34)32-8-9/h1-8,20,36H,23-24H2,(H2,31,34)(H,33,35). The highest BCUT2D eigenvalue weighted by atomic mass is 19.4. The molecule has 2 amide bonds. The molecule has 0 spiro atoms. The second-order valence-corrected chi connectivity index (χ2v) is 8.19. The zero-order valence-corrected chi connectivity index (χ0v) is 20.4. The Balaban J connectivity index is 2.05. The summed E-state index contributed by atoms with van der Waals surface area (Å²) in [5, 5.41) is 12.2. The van der Waals surface area contributed by atoms with Crippen molar-refractivity contribution in [3.8, 4) is 28.7 Å². The lowest BCUT2D eigenvalue weighted by molar-refractivity contribution is -0.274. The number of carbonyl (C=O) groups excluding carboxylic acids is 2. The molecule has 0 atom stereocenters. The third-order valence-corrected chi connectivity index (χ3v) is 4.51. The first-order valence-corrected chi connectivity index (χ1v) is 10.9. The number of rotatable bonds is 10. The number of anilines is 1. The molecule has 0 saturated carbocycles. The van der Waals surface area contributed by atoms with Crippen molar-refractivity contribution in [1.82, 2.24) is 4.98 Å². The lowest BCUT2D eigenvalue weighted by Crippen LogP contribution is -2.36. The van der Waals surface area contributed by atoms with E-state index in [-0.39, 0.29) is 11.4 Å². The summed E-state index contributed by atoms with van der Waals surface area (Å²) in [4.78, 5) is 27.9. The molecule has 0 fully saturated rings. The van der Waals surface area contributed by atoms with Gasteiger partial charge in [0.15, 0.2) is 38.8 Å². The number of hydrogen-bond donors (Lipinski definition) is 3. The summed E-state index contributed by atoms with van der Waals surface area (Å²) in [6, 6.07) is 6.34. The summed E-state index contributed by atoms with van der Waals surface area (Å²) in [6.45, 7) is -3.46. The van der Waals surface area contributed by atoms with Crippen LogP contribution in [0.2, 0.25) is 0 Å². The van der Waals surface area contributed by atoms with Crippen LogP contribution >= 0.6 is 0 Å². The summed E-state index contributed by atoms with van der Waals surface area (Å²) < 4.78 is 97.6. The van der Waals surface area contributed by atoms with E-state index < -0.39 is 70.5 Å². The van der Waals surface area contributed by atoms with Crippen molar-refractivity contribution in [3.05, 3.63) is 65.7 Å². The van der Waals surface area contributed by atoms with Crippen molar-refractivity contribution >= 4 is 33.2 Å². The van der Waals surface area contributed by atoms with Crippen LogP contribution in [0.5, 0.6) is 28.7 Å². The van der Waals surface area contributed by atoms with E-state index in [0.717, 1.165) is 46.2 Å². The van der Waals surface area contributed by atoms with Crippen LogP contribution in [0.1, 0.15) is 20.8 Å². The van der Waals surface area contributed by atoms with Gasteiger partial charge >= 0.3 is 13.0 Å². The Labute approximate surface area is 222 Å². The van der Waals surface area contributed by atoms with Crippen LogP contribution in [0.15, 0.2) is 48.7 Å². The number of primary amides is 1. The van der Waals surface area contributed by atoms with Gasteiger partial charge < -0.3 is 35.1 Å². The molecule has 3 aromatic rings. The van der Waals surface area contributed by atoms with Crippen LogP contribution < -0.4 is 30.0 Å². The maximum atomic E-state index is 15.2. The molecule has 0 unspecified atom stereocenters. The molecule has 1 heterocycles. The van der Waals surface area contributed by atoms with E-state index in [1.54, 1.807) is 0 Å². The van der Waals surface area contributed by atoms with Crippen LogP contribution in [0, 0.1) is 5.82 Å². The molecule has 1 aromatic heterocycles. The monoisotopic (exact) mass is 571 g/mol. The number of amides is 2. The largest absolute Gasteiger partial charge is 0.573 e. The third kappa shape index (κ3) is 8.20. The van der Waals surface area contributed by atoms with Crippen LogP contribution in [0.4, 0.5) is 32.0 Å². The van der Waals surface area contributed by atoms with Gasteiger partial charge in [-0.2, -0.15) is 8.78 Å². The second-order valence-electron chi connectivity index (χ2n) is 8.19. The molecule has 0 bridgehead atoms. The minimum atomic E-state index is -5.08. The van der Waals surface area contributed by atoms with Gasteiger partial charge in [-0.05, 0) is 36.4 Å². The van der Waals surface area contributed by atoms with E-state index in [2.05, 4.69) is 19.8 Å². The summed E-state index contributed by atoms with van der Waals surface area (Å²) >= 11 is 0. The Morgan fingerprint density at radius 1 is 0.975 bits per heavy atom. The number of hydrogen-bond acceptors (Lipinski definition) is 8. The number of ether oxygens (including phenoxy) is 4. The molecule has 210 valence electrons. The zero-order valence-electron chi connectivity index (χ0n) is 20.4. The molecule has 18 heteroatoms. The highest BCUT2D eigenvalue weighted by Crippen LogP contribution is 2.40. The first-order valence-electron chi connectivity index (χ1n) is 10.9. The Morgan fingerprint density at radius 2 is 1.62 bits per heavy atom. The fraction of sp³-hybridized carbons (Fsp3) is 0.136. The number of pyridine rings is 1. The first-order chi connectivity index (χ1) is 18.5. The Bertz CT molecular complexity index is 1400. The number of carbonyl (C=O) groups is 2. The van der Waals surface area contributed by atoms with Crippen molar-refractivity contribution in [1.29, 1.82) is 0 Å². The van der Waals surface area contributed by atoms with Gasteiger partial charge in [-0.25, -0.2) is 9.37 Å². The summed E-state index contributed by atoms with van der Waals surface area (Å²) in [5.74, 6) is -7.09. The molecular weight excluding hydrogens is 554 g/mol. The average Bonchev–Trinajstić information content (AvgIpc) is 2.80. The predicted octanol–water partition coefficient (Wildman–Crippen LogP) is 2.11. The maximum absolute atomic E-state index is 15.2. The lowest BCUT2D eigenvalue weighted by Gasteiger charge is -2.23. The van der Waals surface area contributed by atoms with Crippen LogP contribution in [0.3, 0.4) is 0 Å². The van der Waals surface area contributed by atoms with Crippen molar-refractivity contribution in [3.63, 3.8) is 0 Å². The van der Waals surface area contributed by atoms with Gasteiger partial charge in [-0.15, -0.1) is 13.2 Å². The smallest absolute Gasteiger partial charge is 0.476 e. The Morgan fingerprint density at radius 3 is 2.17 bits per heavy atom. The fourth-order valence-corrected chi connectivity index (χ4v) is 3.07. The van der Waals surface area contributed by atoms with Crippen LogP contribution in [0.25, 0.3) is 0 Å². The predicted molar refractivity (Wildman–Crippen MR) is 130 cm³/mol. The first kappa shape index (κ1) is 29.9. The summed E-state index contributed by atoms with van der Waals surface area (Å²) in [5.41, 5.74) is 1.94. The average molecular weight is 571 g/mol. The van der Waals surface area contributed by atoms with E-state index in [9.17, 15) is 36.6 Å². The quantitative estimate of drug-likeness (QED) is 0.191. The number of nitrogens with one attached hydrogen (secondary N) is 1. The van der Waals surface area contributed by atoms with Gasteiger partial charge in [-0.3, -0.25) is 9.59 Å². The lowest BCUT2D eigenvalue weighted by atomic mass is 9.76. The molecule has 0 aliphatic rings. The molecule has 4 N–H and O–H groups in total. The third-order valence-electron chi connectivity index (χ3n) is 4.51. The highest BCUT2D eigenvalue weighted by Gasteiger charge is 2.32. The Hall–Kier alpha value is -4.60. The number of aliphatic hydroxyl groups is 1. The fourth-order valence-electron chi connectivity index (χ4n) is 3.07. The summed E-state index contributed by atoms with van der Waals surface area (Å²) in [6.07, 6.45) is -4.07. The molecule has 2 aromatic carbocycles. The molecular formula is C22H17B2F6N3O7. The molecule has 0 saturated heterocycles. The zero-order chi connectivity index (χ0) is 29.8. The number of nitrogens with two attached hydrogens (primary N) is 1. The van der Waals surface area contributed by atoms with Gasteiger partial charge in [-0.1, -0.05) is 0 Å². The molecule has 0 aliphatic heterocycles. The molecule has 3 rings (SSSR count). The van der Waals surface area contributed by atoms with Crippen molar-refractivity contribution in [2.45, 2.75) is 18.6 Å². The molecule has 0 radical (unpaired) electrons. The molecule has 10 nitrogen and oxygen atoms in total. The van der Waals surface area contributed by atoms with Gasteiger partial charge in [0, 0.05) is 6.07 Å². The number of nitrogens with zero attached hydrogens (tertiary/aromatic N) is 1. The van der Waals surface area contributed by atoms with Gasteiger partial charge in [0.25, 0.3) is 11.8 Å². The van der Waals surface area contributed by atoms with Crippen molar-refractivity contribution in [2.24, 2.45) is 5.73 Å². The molecule has 40 heavy (non-hydrogen) atoms. The number of aromatic nitrogens is 1. The summed E-state index contributed by atoms with van der Waals surface area (Å²) in [7, 11) is 2.28. The highest BCUT2D eigenvalue weighted by molar-refractivity contribution is 6.37. The van der Waals surface area contributed by atoms with Gasteiger partial charge in [0.2, 0.25) is 0 Å². The van der Waals surface area contributed by atoms with E-state index in [4.69, 9.17) is 15.2 Å². The maximum Gasteiger partial charge on any atom is 0.573 e. The second kappa shape index (κ2) is 11.6. The van der Waals surface area contributed by atoms with E-state index >= 15 is 4.39 Å². The Kier molecular flexibility index (Phi) is 8.72. The van der Waals surface area contributed by atoms with Crippen LogP contribution in [-0.4, -0.2) is 56.2 Å². The van der Waals surface area contributed by atoms with Gasteiger partial charge in [0.1, 0.15) is 28.3 Å². The minimum absolute atomic E-state index is 0.0692. The number of alkyl halides is 5. The number of benzene rings is 2. The van der Waals surface area contributed by atoms with E-state index in [1.807, 2.05) is 0 Å².